The Labute approximate surface area is 83.3 Å². The molecule has 0 N–H and O–H groups in total. The fourth-order valence-electron chi connectivity index (χ4n) is 1.38. The molecule has 1 fully saturated rings. The minimum atomic E-state index is -2.84. The third kappa shape index (κ3) is 3.24. The molecule has 14 heavy (non-hydrogen) atoms. The number of halogens is 2. The average Bonchev–Trinajstić information content (AvgIpc) is 2.87. The van der Waals surface area contributed by atoms with E-state index in [1.165, 1.54) is 4.90 Å². The van der Waals surface area contributed by atoms with Crippen molar-refractivity contribution in [3.05, 3.63) is 0 Å². The lowest BCUT2D eigenvalue weighted by Crippen LogP contribution is -2.38. The van der Waals surface area contributed by atoms with Crippen molar-refractivity contribution in [3.8, 4) is 0 Å². The van der Waals surface area contributed by atoms with Gasteiger partial charge in [0, 0.05) is 12.6 Å². The van der Waals surface area contributed by atoms with Crippen LogP contribution in [-0.2, 0) is 4.79 Å². The van der Waals surface area contributed by atoms with Gasteiger partial charge in [-0.05, 0) is 25.2 Å². The molecule has 0 aliphatic heterocycles. The molecule has 1 amide bonds. The number of carbonyl (C=O) groups is 1. The third-order valence-corrected chi connectivity index (χ3v) is 2.40. The highest BCUT2D eigenvalue weighted by molar-refractivity contribution is 5.79. The SMILES string of the molecule is CC(C)CCN(C(=O)C(F)F)C1CC1. The summed E-state index contributed by atoms with van der Waals surface area (Å²) < 4.78 is 24.4. The maximum atomic E-state index is 12.2. The smallest absolute Gasteiger partial charge is 0.315 e. The Morgan fingerprint density at radius 1 is 1.43 bits per heavy atom. The summed E-state index contributed by atoms with van der Waals surface area (Å²) in [5.74, 6) is -0.546. The molecule has 2 nitrogen and oxygen atoms in total. The van der Waals surface area contributed by atoms with Gasteiger partial charge in [-0.2, -0.15) is 8.78 Å². The normalized spacial score (nSPS) is 16.4. The maximum absolute atomic E-state index is 12.2. The summed E-state index contributed by atoms with van der Waals surface area (Å²) in [5, 5.41) is 0. The second-order valence-electron chi connectivity index (χ2n) is 4.25. The van der Waals surface area contributed by atoms with Crippen LogP contribution in [0.25, 0.3) is 0 Å². The van der Waals surface area contributed by atoms with Gasteiger partial charge in [-0.15, -0.1) is 0 Å². The van der Waals surface area contributed by atoms with Gasteiger partial charge in [-0.3, -0.25) is 4.79 Å². The zero-order valence-electron chi connectivity index (χ0n) is 8.67. The van der Waals surface area contributed by atoms with Gasteiger partial charge < -0.3 is 4.90 Å². The van der Waals surface area contributed by atoms with Gasteiger partial charge in [0.05, 0.1) is 0 Å². The largest absolute Gasteiger partial charge is 0.335 e. The Morgan fingerprint density at radius 3 is 2.36 bits per heavy atom. The zero-order chi connectivity index (χ0) is 10.7. The first-order chi connectivity index (χ1) is 6.52. The number of hydrogen-bond acceptors (Lipinski definition) is 1. The van der Waals surface area contributed by atoms with Crippen LogP contribution in [0.2, 0.25) is 0 Å². The number of amides is 1. The van der Waals surface area contributed by atoms with Crippen molar-refractivity contribution in [1.82, 2.24) is 4.90 Å². The van der Waals surface area contributed by atoms with Gasteiger partial charge in [-0.1, -0.05) is 13.8 Å². The first kappa shape index (κ1) is 11.4. The highest BCUT2D eigenvalue weighted by Gasteiger charge is 2.35. The lowest BCUT2D eigenvalue weighted by molar-refractivity contribution is -0.143. The van der Waals surface area contributed by atoms with Crippen molar-refractivity contribution in [2.75, 3.05) is 6.54 Å². The first-order valence-electron chi connectivity index (χ1n) is 5.11. The molecular formula is C10H17F2NO. The molecule has 82 valence electrons. The molecule has 1 aliphatic rings. The Balaban J connectivity index is 2.42. The Bertz CT molecular complexity index is 202. The molecule has 4 heteroatoms. The van der Waals surface area contributed by atoms with Crippen molar-refractivity contribution in [1.29, 1.82) is 0 Å². The van der Waals surface area contributed by atoms with Gasteiger partial charge in [0.25, 0.3) is 5.91 Å². The fraction of sp³-hybridized carbons (Fsp3) is 0.900. The standard InChI is InChI=1S/C10H17F2NO/c1-7(2)5-6-13(8-3-4-8)10(14)9(11)12/h7-9H,3-6H2,1-2H3. The first-order valence-corrected chi connectivity index (χ1v) is 5.11. The number of alkyl halides is 2. The van der Waals surface area contributed by atoms with E-state index in [0.717, 1.165) is 19.3 Å². The summed E-state index contributed by atoms with van der Waals surface area (Å²) in [6.07, 6.45) is -0.273. The van der Waals surface area contributed by atoms with Crippen molar-refractivity contribution in [3.63, 3.8) is 0 Å². The Morgan fingerprint density at radius 2 is 2.00 bits per heavy atom. The molecule has 0 bridgehead atoms. The maximum Gasteiger partial charge on any atom is 0.315 e. The molecule has 0 aromatic heterocycles. The van der Waals surface area contributed by atoms with E-state index in [0.29, 0.717) is 12.5 Å². The molecule has 0 spiro atoms. The molecule has 0 heterocycles. The van der Waals surface area contributed by atoms with Crippen LogP contribution in [0.3, 0.4) is 0 Å². The lowest BCUT2D eigenvalue weighted by Gasteiger charge is -2.22. The zero-order valence-corrected chi connectivity index (χ0v) is 8.67. The van der Waals surface area contributed by atoms with E-state index in [1.54, 1.807) is 0 Å². The van der Waals surface area contributed by atoms with Crippen LogP contribution in [0, 0.1) is 5.92 Å². The van der Waals surface area contributed by atoms with E-state index in [2.05, 4.69) is 0 Å². The van der Waals surface area contributed by atoms with Gasteiger partial charge in [0.2, 0.25) is 0 Å². The van der Waals surface area contributed by atoms with Gasteiger partial charge in [-0.25, -0.2) is 0 Å². The second-order valence-corrected chi connectivity index (χ2v) is 4.25. The van der Waals surface area contributed by atoms with Crippen molar-refractivity contribution >= 4 is 5.91 Å². The summed E-state index contributed by atoms with van der Waals surface area (Å²) in [6, 6.07) is 0.0928. The molecule has 0 aromatic rings. The van der Waals surface area contributed by atoms with Crippen LogP contribution in [0.4, 0.5) is 8.78 Å². The van der Waals surface area contributed by atoms with E-state index in [1.807, 2.05) is 13.8 Å². The Kier molecular flexibility index (Phi) is 3.84. The van der Waals surface area contributed by atoms with Crippen molar-refractivity contribution in [2.45, 2.75) is 45.6 Å². The predicted octanol–water partition coefficient (Wildman–Crippen LogP) is 2.29. The molecular weight excluding hydrogens is 188 g/mol. The van der Waals surface area contributed by atoms with Gasteiger partial charge in [0.1, 0.15) is 0 Å². The number of rotatable bonds is 5. The molecule has 0 saturated heterocycles. The topological polar surface area (TPSA) is 20.3 Å². The molecule has 0 atom stereocenters. The highest BCUT2D eigenvalue weighted by atomic mass is 19.3. The quantitative estimate of drug-likeness (QED) is 0.674. The van der Waals surface area contributed by atoms with Crippen LogP contribution in [0.1, 0.15) is 33.1 Å². The van der Waals surface area contributed by atoms with Gasteiger partial charge in [0.15, 0.2) is 0 Å². The van der Waals surface area contributed by atoms with E-state index < -0.39 is 12.3 Å². The molecule has 0 radical (unpaired) electrons. The van der Waals surface area contributed by atoms with Crippen LogP contribution in [0.5, 0.6) is 0 Å². The molecule has 1 aliphatic carbocycles. The summed E-state index contributed by atoms with van der Waals surface area (Å²) in [7, 11) is 0. The molecule has 1 rings (SSSR count). The number of hydrogen-bond donors (Lipinski definition) is 0. The van der Waals surface area contributed by atoms with Crippen LogP contribution < -0.4 is 0 Å². The monoisotopic (exact) mass is 205 g/mol. The molecule has 0 unspecified atom stereocenters. The summed E-state index contributed by atoms with van der Waals surface area (Å²) in [6.45, 7) is 4.53. The number of nitrogens with zero attached hydrogens (tertiary/aromatic N) is 1. The van der Waals surface area contributed by atoms with Gasteiger partial charge >= 0.3 is 6.43 Å². The van der Waals surface area contributed by atoms with E-state index >= 15 is 0 Å². The minimum absolute atomic E-state index is 0.0928. The summed E-state index contributed by atoms with van der Waals surface area (Å²) >= 11 is 0. The van der Waals surface area contributed by atoms with Crippen LogP contribution in [0.15, 0.2) is 0 Å². The van der Waals surface area contributed by atoms with E-state index in [-0.39, 0.29) is 6.04 Å². The average molecular weight is 205 g/mol. The number of carbonyl (C=O) groups excluding carboxylic acids is 1. The van der Waals surface area contributed by atoms with E-state index in [4.69, 9.17) is 0 Å². The Hall–Kier alpha value is -0.670. The van der Waals surface area contributed by atoms with Crippen LogP contribution >= 0.6 is 0 Å². The predicted molar refractivity (Wildman–Crippen MR) is 50.2 cm³/mol. The second kappa shape index (κ2) is 4.71. The summed E-state index contributed by atoms with van der Waals surface area (Å²) in [4.78, 5) is 12.5. The van der Waals surface area contributed by atoms with Crippen molar-refractivity contribution in [2.24, 2.45) is 5.92 Å². The highest BCUT2D eigenvalue weighted by Crippen LogP contribution is 2.28. The van der Waals surface area contributed by atoms with E-state index in [9.17, 15) is 13.6 Å². The minimum Gasteiger partial charge on any atom is -0.335 e. The third-order valence-electron chi connectivity index (χ3n) is 2.40. The molecule has 0 aromatic carbocycles. The molecule has 1 saturated carbocycles. The lowest BCUT2D eigenvalue weighted by atomic mass is 10.1. The van der Waals surface area contributed by atoms with Crippen LogP contribution in [-0.4, -0.2) is 29.8 Å². The summed E-state index contributed by atoms with van der Waals surface area (Å²) in [5.41, 5.74) is 0. The fourth-order valence-corrected chi connectivity index (χ4v) is 1.38. The van der Waals surface area contributed by atoms with Crippen molar-refractivity contribution < 1.29 is 13.6 Å².